The Balaban J connectivity index is 1.91. The molecule has 2 N–H and O–H groups in total. The Bertz CT molecular complexity index is 1440. The summed E-state index contributed by atoms with van der Waals surface area (Å²) >= 11 is 0. The second-order valence-corrected chi connectivity index (χ2v) is 16.6. The highest BCUT2D eigenvalue weighted by atomic mass is 16.7. The number of hydrogen-bond donors (Lipinski definition) is 2. The lowest BCUT2D eigenvalue weighted by Crippen LogP contribution is -2.63. The zero-order chi connectivity index (χ0) is 41.7. The lowest BCUT2D eigenvalue weighted by molar-refractivity contribution is -0.291. The van der Waals surface area contributed by atoms with Gasteiger partial charge in [0.15, 0.2) is 5.78 Å². The smallest absolute Gasteiger partial charge is 0.329 e. The molecule has 1 saturated carbocycles. The predicted molar refractivity (Wildman–Crippen MR) is 213 cm³/mol. The third kappa shape index (κ3) is 12.5. The van der Waals surface area contributed by atoms with Gasteiger partial charge in [-0.05, 0) is 95.1 Å². The van der Waals surface area contributed by atoms with Gasteiger partial charge in [-0.25, -0.2) is 4.79 Å². The van der Waals surface area contributed by atoms with E-state index in [-0.39, 0.29) is 49.7 Å². The highest BCUT2D eigenvalue weighted by molar-refractivity contribution is 6.39. The highest BCUT2D eigenvalue weighted by Crippen LogP contribution is 2.36. The van der Waals surface area contributed by atoms with E-state index in [1.165, 1.54) is 19.1 Å². The normalized spacial score (nSPS) is 30.9. The van der Waals surface area contributed by atoms with Crippen LogP contribution in [-0.4, -0.2) is 115 Å². The van der Waals surface area contributed by atoms with Crippen LogP contribution in [0.15, 0.2) is 48.1 Å². The summed E-state index contributed by atoms with van der Waals surface area (Å²) < 4.78 is 28.4. The summed E-state index contributed by atoms with van der Waals surface area (Å²) in [5.41, 5.74) is 1.89. The van der Waals surface area contributed by atoms with Crippen molar-refractivity contribution in [3.63, 3.8) is 0 Å². The molecule has 2 saturated heterocycles. The standard InChI is InChI=1S/C44H69NO11/c1-11-14-33(22-28(4)21-27(2)3)35(46)18-16-29(5)40(30(6)23-32-17-19-36(47)37(25-32)53-9)55-43(50)34-15-12-13-20-45(34)42(49)41(48)44(51)31(7)24-38(54-10)39(56-44)26-52-8/h11,16,18,22-23,27,29,31-34,36-40,47,51H,1,12-15,17,19-21,24-26H2,2-10H3/b18-16+,28-22+,30-23+/t29-,31-,32+,33-,34+,36-,37-,38+,39-,40+,44-/m1/s1. The summed E-state index contributed by atoms with van der Waals surface area (Å²) in [4.78, 5) is 56.8. The lowest BCUT2D eigenvalue weighted by atomic mass is 9.83. The maximum absolute atomic E-state index is 14.2. The Morgan fingerprint density at radius 2 is 1.70 bits per heavy atom. The molecule has 0 aromatic carbocycles. The number of ketones is 2. The maximum Gasteiger partial charge on any atom is 0.329 e. The van der Waals surface area contributed by atoms with Crippen LogP contribution in [0.25, 0.3) is 0 Å². The molecular weight excluding hydrogens is 718 g/mol. The van der Waals surface area contributed by atoms with Crippen molar-refractivity contribution < 1.29 is 53.1 Å². The number of Topliss-reactive ketones (excluding diaryl/α,β-unsaturated/α-hetero) is 1. The Hall–Kier alpha value is -3.00. The van der Waals surface area contributed by atoms with Gasteiger partial charge >= 0.3 is 5.97 Å². The second kappa shape index (κ2) is 22.2. The Morgan fingerprint density at radius 3 is 2.32 bits per heavy atom. The first-order valence-electron chi connectivity index (χ1n) is 20.4. The quantitative estimate of drug-likeness (QED) is 0.0717. The number of allylic oxidation sites excluding steroid dienone is 5. The number of piperidine rings is 1. The summed E-state index contributed by atoms with van der Waals surface area (Å²) in [7, 11) is 4.55. The van der Waals surface area contributed by atoms with Crippen LogP contribution in [0.2, 0.25) is 0 Å². The van der Waals surface area contributed by atoms with E-state index in [4.69, 9.17) is 23.7 Å². The SMILES string of the molecule is C=CC[C@H](/C=C(\C)CC(C)C)C(=O)/C=C/[C@@H](C)[C@H](OC(=O)[C@@H]1CCCCN1C(=O)C(=O)[C@]1(O)O[C@H](COC)[C@@H](OC)C[C@H]1C)/C(C)=C/[C@@H]1CC[C@@H](O)[C@H](OC)C1. The zero-order valence-corrected chi connectivity index (χ0v) is 35.2. The van der Waals surface area contributed by atoms with E-state index in [0.29, 0.717) is 38.0 Å². The largest absolute Gasteiger partial charge is 0.456 e. The summed E-state index contributed by atoms with van der Waals surface area (Å²) in [5.74, 6) is -6.46. The summed E-state index contributed by atoms with van der Waals surface area (Å²) in [5, 5.41) is 22.0. The van der Waals surface area contributed by atoms with Crippen LogP contribution in [0.4, 0.5) is 0 Å². The molecule has 12 heteroatoms. The van der Waals surface area contributed by atoms with E-state index in [1.54, 1.807) is 32.3 Å². The van der Waals surface area contributed by atoms with E-state index in [1.807, 2.05) is 26.8 Å². The fourth-order valence-corrected chi connectivity index (χ4v) is 8.42. The predicted octanol–water partition coefficient (Wildman–Crippen LogP) is 5.69. The first-order chi connectivity index (χ1) is 26.5. The summed E-state index contributed by atoms with van der Waals surface area (Å²) in [6.45, 7) is 15.7. The van der Waals surface area contributed by atoms with Gasteiger partial charge in [0, 0.05) is 45.6 Å². The van der Waals surface area contributed by atoms with Crippen LogP contribution in [0.5, 0.6) is 0 Å². The van der Waals surface area contributed by atoms with E-state index in [2.05, 4.69) is 26.5 Å². The van der Waals surface area contributed by atoms with Gasteiger partial charge in [0.1, 0.15) is 18.2 Å². The molecule has 3 rings (SSSR count). The first-order valence-corrected chi connectivity index (χ1v) is 20.4. The van der Waals surface area contributed by atoms with Crippen LogP contribution in [0.1, 0.15) is 99.3 Å². The third-order valence-corrected chi connectivity index (χ3v) is 11.5. The third-order valence-electron chi connectivity index (χ3n) is 11.5. The van der Waals surface area contributed by atoms with Gasteiger partial charge in [0.25, 0.3) is 11.7 Å². The van der Waals surface area contributed by atoms with Crippen LogP contribution >= 0.6 is 0 Å². The molecule has 0 aromatic heterocycles. The van der Waals surface area contributed by atoms with Crippen LogP contribution < -0.4 is 0 Å². The number of ether oxygens (including phenoxy) is 5. The van der Waals surface area contributed by atoms with Gasteiger partial charge < -0.3 is 38.8 Å². The van der Waals surface area contributed by atoms with Crippen molar-refractivity contribution in [3.05, 3.63) is 48.1 Å². The molecule has 2 heterocycles. The van der Waals surface area contributed by atoms with Crippen molar-refractivity contribution in [1.82, 2.24) is 4.90 Å². The topological polar surface area (TPSA) is 158 Å². The maximum atomic E-state index is 14.2. The van der Waals surface area contributed by atoms with Crippen molar-refractivity contribution >= 4 is 23.4 Å². The fraction of sp³-hybridized carbons (Fsp3) is 0.727. The van der Waals surface area contributed by atoms with Crippen LogP contribution in [0.3, 0.4) is 0 Å². The molecule has 3 aliphatic rings. The Kier molecular flexibility index (Phi) is 18.8. The van der Waals surface area contributed by atoms with Crippen molar-refractivity contribution in [3.8, 4) is 0 Å². The van der Waals surface area contributed by atoms with E-state index in [9.17, 15) is 29.4 Å². The minimum absolute atomic E-state index is 0.0388. The molecular formula is C44H69NO11. The minimum atomic E-state index is -2.44. The van der Waals surface area contributed by atoms with Crippen molar-refractivity contribution in [2.45, 2.75) is 142 Å². The van der Waals surface area contributed by atoms with E-state index < -0.39 is 65.7 Å². The van der Waals surface area contributed by atoms with Gasteiger partial charge in [-0.15, -0.1) is 6.58 Å². The van der Waals surface area contributed by atoms with Crippen molar-refractivity contribution in [2.24, 2.45) is 29.6 Å². The van der Waals surface area contributed by atoms with Crippen LogP contribution in [-0.2, 0) is 42.9 Å². The van der Waals surface area contributed by atoms with Gasteiger partial charge in [0.2, 0.25) is 5.79 Å². The molecule has 0 bridgehead atoms. The first kappa shape index (κ1) is 47.4. The second-order valence-electron chi connectivity index (χ2n) is 16.6. The number of aliphatic hydroxyl groups excluding tert-OH is 1. The number of amides is 1. The monoisotopic (exact) mass is 787 g/mol. The van der Waals surface area contributed by atoms with Crippen LogP contribution in [0, 0.1) is 29.6 Å². The molecule has 2 aliphatic heterocycles. The van der Waals surface area contributed by atoms with Gasteiger partial charge in [-0.1, -0.05) is 57.6 Å². The highest BCUT2D eigenvalue weighted by Gasteiger charge is 2.55. The van der Waals surface area contributed by atoms with Crippen molar-refractivity contribution in [2.75, 3.05) is 34.5 Å². The summed E-state index contributed by atoms with van der Waals surface area (Å²) in [6.07, 6.45) is 11.1. The zero-order valence-electron chi connectivity index (χ0n) is 35.2. The molecule has 0 spiro atoms. The lowest BCUT2D eigenvalue weighted by Gasteiger charge is -2.44. The molecule has 0 aromatic rings. The van der Waals surface area contributed by atoms with E-state index >= 15 is 0 Å². The number of aliphatic hydroxyl groups is 2. The molecule has 11 atom stereocenters. The molecule has 3 fully saturated rings. The number of carbonyl (C=O) groups is 4. The number of likely N-dealkylation sites (tertiary alicyclic amines) is 1. The Morgan fingerprint density at radius 1 is 1.00 bits per heavy atom. The molecule has 0 radical (unpaired) electrons. The van der Waals surface area contributed by atoms with Gasteiger partial charge in [0.05, 0.1) is 24.9 Å². The molecule has 56 heavy (non-hydrogen) atoms. The van der Waals surface area contributed by atoms with E-state index in [0.717, 1.165) is 24.0 Å². The van der Waals surface area contributed by atoms with Gasteiger partial charge in [-0.2, -0.15) is 0 Å². The van der Waals surface area contributed by atoms with Crippen molar-refractivity contribution in [1.29, 1.82) is 0 Å². The average Bonchev–Trinajstić information content (AvgIpc) is 3.16. The molecule has 1 amide bonds. The number of methoxy groups -OCH3 is 3. The molecule has 0 unspecified atom stereocenters. The molecule has 316 valence electrons. The minimum Gasteiger partial charge on any atom is -0.456 e. The molecule has 1 aliphatic carbocycles. The molecule has 12 nitrogen and oxygen atoms in total. The van der Waals surface area contributed by atoms with Gasteiger partial charge in [-0.3, -0.25) is 14.4 Å². The Labute approximate surface area is 334 Å². The number of nitrogens with zero attached hydrogens (tertiary/aromatic N) is 1. The number of carbonyl (C=O) groups excluding carboxylic acids is 4. The number of rotatable bonds is 19. The summed E-state index contributed by atoms with van der Waals surface area (Å²) in [6, 6.07) is -1.08. The number of hydrogen-bond acceptors (Lipinski definition) is 11. The average molecular weight is 788 g/mol. The fourth-order valence-electron chi connectivity index (χ4n) is 8.42. The number of esters is 1.